The minimum absolute atomic E-state index is 0.259. The molecule has 0 bridgehead atoms. The molecule has 0 heterocycles. The van der Waals surface area contributed by atoms with Crippen LogP contribution in [0.15, 0.2) is 18.2 Å². The van der Waals surface area contributed by atoms with E-state index in [1.807, 2.05) is 0 Å². The molecule has 0 fully saturated rings. The molecule has 0 aliphatic heterocycles. The van der Waals surface area contributed by atoms with Crippen LogP contribution in [0.5, 0.6) is 0 Å². The Labute approximate surface area is 53.3 Å². The largest absolute Gasteiger partial charge is 0.301 e. The van der Waals surface area contributed by atoms with Crippen LogP contribution < -0.4 is 5.73 Å². The first-order valence-corrected chi connectivity index (χ1v) is 2.68. The maximum atomic E-state index is 12.2. The monoisotopic (exact) mass is 124 g/mol. The summed E-state index contributed by atoms with van der Waals surface area (Å²) in [6.45, 7) is 1.78. The van der Waals surface area contributed by atoms with E-state index in [0.29, 0.717) is 0 Å². The zero-order valence-corrected chi connectivity index (χ0v) is 5.11. The molecule has 0 amide bonds. The molecule has 0 aliphatic rings. The van der Waals surface area contributed by atoms with Gasteiger partial charge in [0.15, 0.2) is 0 Å². The third-order valence-corrected chi connectivity index (χ3v) is 1.20. The molecule has 0 atom stereocenters. The van der Waals surface area contributed by atoms with Crippen LogP contribution in [0, 0.1) is 12.7 Å². The minimum atomic E-state index is -0.342. The highest BCUT2D eigenvalue weighted by molar-refractivity contribution is 5.42. The van der Waals surface area contributed by atoms with Crippen LogP contribution in [0.25, 0.3) is 0 Å². The fourth-order valence-electron chi connectivity index (χ4n) is 0.594. The highest BCUT2D eigenvalue weighted by atomic mass is 19.1. The molecule has 1 aromatic rings. The van der Waals surface area contributed by atoms with Crippen molar-refractivity contribution in [2.45, 2.75) is 6.92 Å². The molecule has 1 rings (SSSR count). The van der Waals surface area contributed by atoms with E-state index in [2.05, 4.69) is 0 Å². The van der Waals surface area contributed by atoms with E-state index in [4.69, 9.17) is 5.73 Å². The fraction of sp³-hybridized carbons (Fsp3) is 0.143. The van der Waals surface area contributed by atoms with Gasteiger partial charge in [-0.2, -0.15) is 0 Å². The van der Waals surface area contributed by atoms with Crippen LogP contribution in [-0.2, 0) is 0 Å². The topological polar surface area (TPSA) is 23.8 Å². The molecule has 47 valence electrons. The number of halogens is 1. The third kappa shape index (κ3) is 1.19. The van der Waals surface area contributed by atoms with Gasteiger partial charge in [-0.1, -0.05) is 6.07 Å². The van der Waals surface area contributed by atoms with Crippen molar-refractivity contribution in [2.75, 3.05) is 0 Å². The van der Waals surface area contributed by atoms with Crippen molar-refractivity contribution in [1.29, 1.82) is 0 Å². The molecular formula is C7H7FN. The quantitative estimate of drug-likeness (QED) is 0.505. The van der Waals surface area contributed by atoms with Crippen molar-refractivity contribution >= 4 is 5.69 Å². The van der Waals surface area contributed by atoms with Gasteiger partial charge in [0.2, 0.25) is 0 Å². The molecule has 1 nitrogen and oxygen atoms in total. The molecular weight excluding hydrogens is 117 g/mol. The van der Waals surface area contributed by atoms with Gasteiger partial charge in [0.25, 0.3) is 0 Å². The van der Waals surface area contributed by atoms with Gasteiger partial charge in [0.1, 0.15) is 5.82 Å². The van der Waals surface area contributed by atoms with Gasteiger partial charge in [-0.3, -0.25) is 0 Å². The summed E-state index contributed by atoms with van der Waals surface area (Å²) < 4.78 is 12.2. The Morgan fingerprint density at radius 2 is 2.11 bits per heavy atom. The van der Waals surface area contributed by atoms with Gasteiger partial charge < -0.3 is 5.73 Å². The molecule has 0 saturated heterocycles. The molecule has 1 radical (unpaired) electrons. The minimum Gasteiger partial charge on any atom is -0.301 e. The van der Waals surface area contributed by atoms with Crippen molar-refractivity contribution in [1.82, 2.24) is 5.73 Å². The van der Waals surface area contributed by atoms with Crippen molar-refractivity contribution in [3.63, 3.8) is 0 Å². The second kappa shape index (κ2) is 2.05. The number of rotatable bonds is 0. The number of benzene rings is 1. The van der Waals surface area contributed by atoms with E-state index in [9.17, 15) is 4.39 Å². The first-order chi connectivity index (χ1) is 4.20. The predicted molar refractivity (Wildman–Crippen MR) is 33.9 cm³/mol. The van der Waals surface area contributed by atoms with E-state index in [-0.39, 0.29) is 11.5 Å². The van der Waals surface area contributed by atoms with Gasteiger partial charge in [0, 0.05) is 0 Å². The average Bonchev–Trinajstić information content (AvgIpc) is 1.80. The van der Waals surface area contributed by atoms with E-state index in [0.717, 1.165) is 5.56 Å². The lowest BCUT2D eigenvalue weighted by Gasteiger charge is -1.94. The predicted octanol–water partition coefficient (Wildman–Crippen LogP) is 2.05. The second-order valence-electron chi connectivity index (χ2n) is 1.96. The Balaban J connectivity index is 3.17. The van der Waals surface area contributed by atoms with Crippen molar-refractivity contribution in [2.24, 2.45) is 0 Å². The Morgan fingerprint density at radius 3 is 2.56 bits per heavy atom. The van der Waals surface area contributed by atoms with Gasteiger partial charge >= 0.3 is 0 Å². The van der Waals surface area contributed by atoms with E-state index in [1.54, 1.807) is 13.0 Å². The normalized spacial score (nSPS) is 9.56. The Morgan fingerprint density at radius 1 is 1.44 bits per heavy atom. The molecule has 1 aromatic carbocycles. The summed E-state index contributed by atoms with van der Waals surface area (Å²) in [4.78, 5) is 0. The van der Waals surface area contributed by atoms with Gasteiger partial charge in [-0.25, -0.2) is 4.39 Å². The Bertz CT molecular complexity index is 220. The standard InChI is InChI=1S/C7H7FN/c1-5-2-3-6(8)4-7(5)9/h2-4,9H,1H3. The Kier molecular flexibility index (Phi) is 1.39. The molecule has 1 N–H and O–H groups in total. The van der Waals surface area contributed by atoms with E-state index < -0.39 is 0 Å². The number of hydrogen-bond donors (Lipinski definition) is 0. The molecule has 9 heavy (non-hydrogen) atoms. The van der Waals surface area contributed by atoms with Crippen molar-refractivity contribution in [3.05, 3.63) is 29.6 Å². The Hall–Kier alpha value is -1.05. The van der Waals surface area contributed by atoms with Crippen LogP contribution >= 0.6 is 0 Å². The fourth-order valence-corrected chi connectivity index (χ4v) is 0.594. The van der Waals surface area contributed by atoms with Crippen LogP contribution in [0.1, 0.15) is 5.56 Å². The van der Waals surface area contributed by atoms with Crippen LogP contribution in [0.2, 0.25) is 0 Å². The molecule has 0 unspecified atom stereocenters. The lowest BCUT2D eigenvalue weighted by atomic mass is 10.2. The summed E-state index contributed by atoms with van der Waals surface area (Å²) in [6.07, 6.45) is 0. The van der Waals surface area contributed by atoms with Gasteiger partial charge in [0.05, 0.1) is 5.69 Å². The summed E-state index contributed by atoms with van der Waals surface area (Å²) in [7, 11) is 0. The zero-order chi connectivity index (χ0) is 6.85. The highest BCUT2D eigenvalue weighted by Crippen LogP contribution is 2.12. The van der Waals surface area contributed by atoms with E-state index in [1.165, 1.54) is 12.1 Å². The molecule has 0 aromatic heterocycles. The zero-order valence-electron chi connectivity index (χ0n) is 5.11. The maximum absolute atomic E-state index is 12.2. The third-order valence-electron chi connectivity index (χ3n) is 1.20. The number of nitrogens with one attached hydrogen (secondary N) is 1. The summed E-state index contributed by atoms with van der Waals surface area (Å²) in [5.41, 5.74) is 8.18. The summed E-state index contributed by atoms with van der Waals surface area (Å²) in [5, 5.41) is 0. The first kappa shape index (κ1) is 6.08. The molecule has 0 saturated carbocycles. The van der Waals surface area contributed by atoms with E-state index >= 15 is 0 Å². The molecule has 0 spiro atoms. The van der Waals surface area contributed by atoms with Crippen LogP contribution in [-0.4, -0.2) is 0 Å². The maximum Gasteiger partial charge on any atom is 0.125 e. The summed E-state index contributed by atoms with van der Waals surface area (Å²) >= 11 is 0. The van der Waals surface area contributed by atoms with Crippen molar-refractivity contribution < 1.29 is 4.39 Å². The van der Waals surface area contributed by atoms with Crippen molar-refractivity contribution in [3.8, 4) is 0 Å². The highest BCUT2D eigenvalue weighted by Gasteiger charge is 1.93. The number of aryl methyl sites for hydroxylation is 1. The lowest BCUT2D eigenvalue weighted by molar-refractivity contribution is 0.627. The number of hydrogen-bond acceptors (Lipinski definition) is 0. The first-order valence-electron chi connectivity index (χ1n) is 2.68. The van der Waals surface area contributed by atoms with Gasteiger partial charge in [-0.15, -0.1) is 0 Å². The van der Waals surface area contributed by atoms with Gasteiger partial charge in [-0.05, 0) is 24.6 Å². The average molecular weight is 124 g/mol. The molecule has 2 heteroatoms. The lowest BCUT2D eigenvalue weighted by Crippen LogP contribution is -1.78. The summed E-state index contributed by atoms with van der Waals surface area (Å²) in [6, 6.07) is 4.15. The SMILES string of the molecule is Cc1ccc(F)cc1[NH]. The summed E-state index contributed by atoms with van der Waals surface area (Å²) in [5.74, 6) is -0.342. The second-order valence-corrected chi connectivity index (χ2v) is 1.96. The smallest absolute Gasteiger partial charge is 0.125 e. The molecule has 0 aliphatic carbocycles. The van der Waals surface area contributed by atoms with Crippen LogP contribution in [0.3, 0.4) is 0 Å². The van der Waals surface area contributed by atoms with Crippen LogP contribution in [0.4, 0.5) is 10.1 Å².